The molecule has 1 aromatic rings. The molecule has 1 saturated heterocycles. The monoisotopic (exact) mass is 247 g/mol. The summed E-state index contributed by atoms with van der Waals surface area (Å²) < 4.78 is 5.74. The van der Waals surface area contributed by atoms with Crippen molar-refractivity contribution in [3.05, 3.63) is 30.7 Å². The molecule has 18 heavy (non-hydrogen) atoms. The van der Waals surface area contributed by atoms with Gasteiger partial charge in [-0.05, 0) is 25.8 Å². The van der Waals surface area contributed by atoms with Crippen LogP contribution < -0.4 is 4.74 Å². The Bertz CT molecular complexity index is 420. The summed E-state index contributed by atoms with van der Waals surface area (Å²) >= 11 is 0. The Kier molecular flexibility index (Phi) is 4.28. The number of piperidine rings is 1. The van der Waals surface area contributed by atoms with Crippen molar-refractivity contribution >= 4 is 5.91 Å². The number of hydrogen-bond donors (Lipinski definition) is 0. The molecule has 0 unspecified atom stereocenters. The second-order valence-corrected chi connectivity index (χ2v) is 4.21. The van der Waals surface area contributed by atoms with Gasteiger partial charge in [-0.15, -0.1) is 0 Å². The van der Waals surface area contributed by atoms with Crippen molar-refractivity contribution in [2.24, 2.45) is 0 Å². The smallest absolute Gasteiger partial charge is 0.246 e. The molecule has 1 aromatic heterocycles. The Morgan fingerprint density at radius 2 is 2.50 bits per heavy atom. The first-order valence-electron chi connectivity index (χ1n) is 6.14. The number of rotatable bonds is 3. The minimum Gasteiger partial charge on any atom is -0.472 e. The van der Waals surface area contributed by atoms with E-state index in [1.807, 2.05) is 11.8 Å². The van der Waals surface area contributed by atoms with Crippen molar-refractivity contribution in [1.82, 2.24) is 14.9 Å². The second kappa shape index (κ2) is 6.14. The zero-order chi connectivity index (χ0) is 12.8. The molecular weight excluding hydrogens is 230 g/mol. The third-order valence-corrected chi connectivity index (χ3v) is 2.84. The first kappa shape index (κ1) is 12.5. The maximum atomic E-state index is 11.8. The van der Waals surface area contributed by atoms with E-state index in [9.17, 15) is 4.79 Å². The Morgan fingerprint density at radius 3 is 3.22 bits per heavy atom. The number of carbonyl (C=O) groups excluding carboxylic acids is 1. The van der Waals surface area contributed by atoms with Gasteiger partial charge in [0.2, 0.25) is 11.8 Å². The summed E-state index contributed by atoms with van der Waals surface area (Å²) in [5.41, 5.74) is 0. The summed E-state index contributed by atoms with van der Waals surface area (Å²) in [4.78, 5) is 21.4. The topological polar surface area (TPSA) is 55.3 Å². The highest BCUT2D eigenvalue weighted by molar-refractivity contribution is 5.87. The van der Waals surface area contributed by atoms with E-state index in [4.69, 9.17) is 4.74 Å². The Morgan fingerprint density at radius 1 is 1.61 bits per heavy atom. The van der Waals surface area contributed by atoms with Crippen LogP contribution in [0.15, 0.2) is 30.7 Å². The molecule has 1 atom stereocenters. The molecule has 0 bridgehead atoms. The average Bonchev–Trinajstić information content (AvgIpc) is 2.40. The number of allylic oxidation sites excluding steroid dienone is 1. The molecule has 96 valence electrons. The molecule has 1 amide bonds. The summed E-state index contributed by atoms with van der Waals surface area (Å²) in [6.45, 7) is 3.26. The lowest BCUT2D eigenvalue weighted by molar-refractivity contribution is -0.128. The second-order valence-electron chi connectivity index (χ2n) is 4.21. The number of ether oxygens (including phenoxy) is 1. The summed E-state index contributed by atoms with van der Waals surface area (Å²) in [6.07, 6.45) is 8.38. The van der Waals surface area contributed by atoms with Crippen molar-refractivity contribution in [1.29, 1.82) is 0 Å². The van der Waals surface area contributed by atoms with Gasteiger partial charge in [-0.2, -0.15) is 0 Å². The number of likely N-dealkylation sites (tertiary alicyclic amines) is 1. The molecule has 1 fully saturated rings. The van der Waals surface area contributed by atoms with Gasteiger partial charge in [0.05, 0.1) is 6.54 Å². The van der Waals surface area contributed by atoms with E-state index in [1.165, 1.54) is 6.33 Å². The molecule has 0 spiro atoms. The zero-order valence-corrected chi connectivity index (χ0v) is 10.5. The molecule has 0 aliphatic carbocycles. The minimum absolute atomic E-state index is 0.0165. The van der Waals surface area contributed by atoms with Gasteiger partial charge >= 0.3 is 0 Å². The average molecular weight is 247 g/mol. The van der Waals surface area contributed by atoms with Crippen LogP contribution in [0, 0.1) is 0 Å². The summed E-state index contributed by atoms with van der Waals surface area (Å²) in [6, 6.07) is 1.73. The molecule has 5 heteroatoms. The van der Waals surface area contributed by atoms with Gasteiger partial charge in [0.1, 0.15) is 12.4 Å². The van der Waals surface area contributed by atoms with Crippen molar-refractivity contribution in [3.8, 4) is 5.88 Å². The quantitative estimate of drug-likeness (QED) is 0.758. The predicted molar refractivity (Wildman–Crippen MR) is 67.1 cm³/mol. The predicted octanol–water partition coefficient (Wildman–Crippen LogP) is 1.42. The third-order valence-electron chi connectivity index (χ3n) is 2.84. The fourth-order valence-corrected chi connectivity index (χ4v) is 2.00. The highest BCUT2D eigenvalue weighted by Gasteiger charge is 2.23. The van der Waals surface area contributed by atoms with Crippen LogP contribution in [-0.4, -0.2) is 40.0 Å². The maximum absolute atomic E-state index is 11.8. The Hall–Kier alpha value is -1.91. The van der Waals surface area contributed by atoms with Crippen LogP contribution in [0.5, 0.6) is 5.88 Å². The fourth-order valence-electron chi connectivity index (χ4n) is 2.00. The van der Waals surface area contributed by atoms with Gasteiger partial charge in [0.15, 0.2) is 0 Å². The minimum atomic E-state index is 0.0165. The van der Waals surface area contributed by atoms with Crippen molar-refractivity contribution in [2.45, 2.75) is 25.9 Å². The molecular formula is C13H17N3O2. The summed E-state index contributed by atoms with van der Waals surface area (Å²) in [5.74, 6) is 0.615. The molecule has 0 N–H and O–H groups in total. The molecule has 1 aliphatic heterocycles. The van der Waals surface area contributed by atoms with Crippen LogP contribution in [0.2, 0.25) is 0 Å². The van der Waals surface area contributed by atoms with Crippen LogP contribution in [-0.2, 0) is 4.79 Å². The van der Waals surface area contributed by atoms with Crippen molar-refractivity contribution < 1.29 is 9.53 Å². The van der Waals surface area contributed by atoms with Gasteiger partial charge in [-0.1, -0.05) is 6.08 Å². The van der Waals surface area contributed by atoms with Crippen LogP contribution in [0.25, 0.3) is 0 Å². The highest BCUT2D eigenvalue weighted by atomic mass is 16.5. The lowest BCUT2D eigenvalue weighted by atomic mass is 10.1. The number of aromatic nitrogens is 2. The van der Waals surface area contributed by atoms with E-state index in [-0.39, 0.29) is 12.0 Å². The van der Waals surface area contributed by atoms with E-state index in [2.05, 4.69) is 9.97 Å². The normalized spacial score (nSPS) is 20.1. The zero-order valence-electron chi connectivity index (χ0n) is 10.5. The third kappa shape index (κ3) is 3.29. The SMILES string of the molecule is C/C=C/C(=O)N1CCC[C@@H](Oc2ccncn2)C1. The Balaban J connectivity index is 1.93. The lowest BCUT2D eigenvalue weighted by Crippen LogP contribution is -2.43. The largest absolute Gasteiger partial charge is 0.472 e. The highest BCUT2D eigenvalue weighted by Crippen LogP contribution is 2.16. The number of nitrogens with zero attached hydrogens (tertiary/aromatic N) is 3. The van der Waals surface area contributed by atoms with Gasteiger partial charge in [0.25, 0.3) is 0 Å². The fraction of sp³-hybridized carbons (Fsp3) is 0.462. The van der Waals surface area contributed by atoms with Gasteiger partial charge < -0.3 is 9.64 Å². The van der Waals surface area contributed by atoms with Gasteiger partial charge in [-0.3, -0.25) is 4.79 Å². The van der Waals surface area contributed by atoms with Crippen LogP contribution in [0.1, 0.15) is 19.8 Å². The van der Waals surface area contributed by atoms with E-state index in [1.54, 1.807) is 24.4 Å². The molecule has 0 aromatic carbocycles. The molecule has 0 radical (unpaired) electrons. The van der Waals surface area contributed by atoms with Crippen LogP contribution >= 0.6 is 0 Å². The van der Waals surface area contributed by atoms with Crippen LogP contribution in [0.4, 0.5) is 0 Å². The first-order valence-corrected chi connectivity index (χ1v) is 6.14. The molecule has 2 heterocycles. The summed E-state index contributed by atoms with van der Waals surface area (Å²) in [5, 5.41) is 0. The van der Waals surface area contributed by atoms with Gasteiger partial charge in [-0.25, -0.2) is 9.97 Å². The molecule has 0 saturated carbocycles. The van der Waals surface area contributed by atoms with Gasteiger partial charge in [0, 0.05) is 18.8 Å². The first-order chi connectivity index (χ1) is 8.79. The Labute approximate surface area is 106 Å². The lowest BCUT2D eigenvalue weighted by Gasteiger charge is -2.31. The standard InChI is InChI=1S/C13H17N3O2/c1-2-4-13(17)16-8-3-5-11(9-16)18-12-6-7-14-10-15-12/h2,4,6-7,10-11H,3,5,8-9H2,1H3/b4-2+/t11-/m1/s1. The van der Waals surface area contributed by atoms with E-state index < -0.39 is 0 Å². The summed E-state index contributed by atoms with van der Waals surface area (Å²) in [7, 11) is 0. The molecule has 1 aliphatic rings. The van der Waals surface area contributed by atoms with E-state index >= 15 is 0 Å². The molecule has 2 rings (SSSR count). The van der Waals surface area contributed by atoms with Crippen LogP contribution in [0.3, 0.4) is 0 Å². The van der Waals surface area contributed by atoms with Crippen molar-refractivity contribution in [2.75, 3.05) is 13.1 Å². The van der Waals surface area contributed by atoms with E-state index in [0.29, 0.717) is 12.4 Å². The number of hydrogen-bond acceptors (Lipinski definition) is 4. The number of carbonyl (C=O) groups is 1. The van der Waals surface area contributed by atoms with E-state index in [0.717, 1.165) is 19.4 Å². The maximum Gasteiger partial charge on any atom is 0.246 e. The number of amides is 1. The molecule has 5 nitrogen and oxygen atoms in total. The van der Waals surface area contributed by atoms with Crippen molar-refractivity contribution in [3.63, 3.8) is 0 Å².